The highest BCUT2D eigenvalue weighted by Crippen LogP contribution is 2.17. The Labute approximate surface area is 144 Å². The molecule has 128 valence electrons. The number of halogens is 1. The molecule has 1 heterocycles. The molecule has 0 radical (unpaired) electrons. The van der Waals surface area contributed by atoms with Gasteiger partial charge >= 0.3 is 0 Å². The van der Waals surface area contributed by atoms with Gasteiger partial charge in [0.2, 0.25) is 11.8 Å². The van der Waals surface area contributed by atoms with Crippen LogP contribution in [-0.4, -0.2) is 43.9 Å². The van der Waals surface area contributed by atoms with Crippen molar-refractivity contribution in [3.05, 3.63) is 29.8 Å². The smallest absolute Gasteiger partial charge is 0.226 e. The molecule has 0 aliphatic carbocycles. The summed E-state index contributed by atoms with van der Waals surface area (Å²) in [5.41, 5.74) is 1.75. The Bertz CT molecular complexity index is 511. The van der Waals surface area contributed by atoms with E-state index in [1.165, 1.54) is 0 Å². The first kappa shape index (κ1) is 19.5. The number of benzene rings is 1. The van der Waals surface area contributed by atoms with Gasteiger partial charge in [-0.2, -0.15) is 0 Å². The lowest BCUT2D eigenvalue weighted by Crippen LogP contribution is -2.30. The minimum absolute atomic E-state index is 0. The molecule has 23 heavy (non-hydrogen) atoms. The molecular formula is C17H26ClN3O2. The van der Waals surface area contributed by atoms with Crippen LogP contribution in [0.2, 0.25) is 0 Å². The van der Waals surface area contributed by atoms with Gasteiger partial charge in [-0.15, -0.1) is 12.4 Å². The number of hydrogen-bond acceptors (Lipinski definition) is 3. The Balaban J connectivity index is 0.00000264. The van der Waals surface area contributed by atoms with Crippen molar-refractivity contribution in [2.45, 2.75) is 25.7 Å². The van der Waals surface area contributed by atoms with Crippen molar-refractivity contribution < 1.29 is 9.59 Å². The van der Waals surface area contributed by atoms with E-state index in [4.69, 9.17) is 0 Å². The van der Waals surface area contributed by atoms with Crippen LogP contribution in [0.4, 0.5) is 5.69 Å². The normalized spacial score (nSPS) is 14.7. The maximum Gasteiger partial charge on any atom is 0.226 e. The highest BCUT2D eigenvalue weighted by atomic mass is 35.5. The van der Waals surface area contributed by atoms with Gasteiger partial charge in [0.1, 0.15) is 0 Å². The Morgan fingerprint density at radius 2 is 1.78 bits per heavy atom. The number of anilines is 1. The van der Waals surface area contributed by atoms with E-state index < -0.39 is 0 Å². The molecule has 1 aliphatic heterocycles. The molecule has 1 fully saturated rings. The molecule has 1 aromatic carbocycles. The number of likely N-dealkylation sites (N-methyl/N-ethyl adjacent to an activating group) is 1. The third-order valence-electron chi connectivity index (χ3n) is 4.02. The summed E-state index contributed by atoms with van der Waals surface area (Å²) in [6.07, 6.45) is 3.11. The quantitative estimate of drug-likeness (QED) is 0.863. The average molecular weight is 340 g/mol. The predicted molar refractivity (Wildman–Crippen MR) is 94.9 cm³/mol. The summed E-state index contributed by atoms with van der Waals surface area (Å²) < 4.78 is 0. The lowest BCUT2D eigenvalue weighted by atomic mass is 9.94. The minimum Gasteiger partial charge on any atom is -0.349 e. The fourth-order valence-corrected chi connectivity index (χ4v) is 2.60. The Hall–Kier alpha value is -1.59. The number of hydrogen-bond donors (Lipinski definition) is 2. The third kappa shape index (κ3) is 6.59. The fraction of sp³-hybridized carbons (Fsp3) is 0.529. The molecule has 2 rings (SSSR count). The van der Waals surface area contributed by atoms with Gasteiger partial charge in [-0.1, -0.05) is 12.1 Å². The van der Waals surface area contributed by atoms with Crippen LogP contribution < -0.4 is 10.6 Å². The predicted octanol–water partition coefficient (Wildman–Crippen LogP) is 2.07. The second-order valence-electron chi connectivity index (χ2n) is 6.11. The lowest BCUT2D eigenvalue weighted by molar-refractivity contribution is -0.128. The number of amides is 2. The van der Waals surface area contributed by atoms with Crippen LogP contribution >= 0.6 is 12.4 Å². The van der Waals surface area contributed by atoms with E-state index >= 15 is 0 Å². The van der Waals surface area contributed by atoms with Crippen LogP contribution in [0.3, 0.4) is 0 Å². The first-order chi connectivity index (χ1) is 10.5. The molecule has 0 unspecified atom stereocenters. The molecule has 0 spiro atoms. The zero-order chi connectivity index (χ0) is 15.9. The maximum atomic E-state index is 12.0. The minimum atomic E-state index is 0. The van der Waals surface area contributed by atoms with E-state index in [-0.39, 0.29) is 24.2 Å². The molecule has 0 aromatic heterocycles. The Kier molecular flexibility index (Phi) is 8.06. The molecule has 2 amide bonds. The average Bonchev–Trinajstić information content (AvgIpc) is 2.50. The highest BCUT2D eigenvalue weighted by Gasteiger charge is 2.16. The largest absolute Gasteiger partial charge is 0.349 e. The molecule has 1 saturated heterocycles. The summed E-state index contributed by atoms with van der Waals surface area (Å²) in [6.45, 7) is 2.01. The molecule has 0 atom stereocenters. The molecule has 0 bridgehead atoms. The zero-order valence-corrected chi connectivity index (χ0v) is 14.6. The van der Waals surface area contributed by atoms with Crippen LogP contribution in [0.1, 0.15) is 24.8 Å². The van der Waals surface area contributed by atoms with Crippen LogP contribution in [0.25, 0.3) is 0 Å². The van der Waals surface area contributed by atoms with E-state index in [0.29, 0.717) is 18.8 Å². The van der Waals surface area contributed by atoms with Crippen molar-refractivity contribution in [3.63, 3.8) is 0 Å². The van der Waals surface area contributed by atoms with Gasteiger partial charge in [-0.05, 0) is 49.5 Å². The third-order valence-corrected chi connectivity index (χ3v) is 4.02. The van der Waals surface area contributed by atoms with Crippen LogP contribution in [-0.2, 0) is 16.0 Å². The summed E-state index contributed by atoms with van der Waals surface area (Å²) in [5.74, 6) is 0.630. The van der Waals surface area contributed by atoms with E-state index in [1.54, 1.807) is 19.0 Å². The summed E-state index contributed by atoms with van der Waals surface area (Å²) >= 11 is 0. The molecule has 2 N–H and O–H groups in total. The van der Waals surface area contributed by atoms with E-state index in [2.05, 4.69) is 10.6 Å². The summed E-state index contributed by atoms with van der Waals surface area (Å²) in [4.78, 5) is 25.3. The Morgan fingerprint density at radius 3 is 2.35 bits per heavy atom. The van der Waals surface area contributed by atoms with Gasteiger partial charge in [0.25, 0.3) is 0 Å². The Morgan fingerprint density at radius 1 is 1.17 bits per heavy atom. The van der Waals surface area contributed by atoms with Crippen molar-refractivity contribution in [3.8, 4) is 0 Å². The second-order valence-corrected chi connectivity index (χ2v) is 6.11. The number of nitrogens with one attached hydrogen (secondary N) is 2. The molecule has 1 aromatic rings. The van der Waals surface area contributed by atoms with Gasteiger partial charge in [0, 0.05) is 26.2 Å². The topological polar surface area (TPSA) is 61.4 Å². The van der Waals surface area contributed by atoms with Crippen molar-refractivity contribution >= 4 is 29.9 Å². The monoisotopic (exact) mass is 339 g/mol. The number of carbonyl (C=O) groups excluding carboxylic acids is 2. The van der Waals surface area contributed by atoms with Crippen LogP contribution in [0.5, 0.6) is 0 Å². The first-order valence-corrected chi connectivity index (χ1v) is 7.84. The van der Waals surface area contributed by atoms with Crippen molar-refractivity contribution in [1.82, 2.24) is 10.2 Å². The summed E-state index contributed by atoms with van der Waals surface area (Å²) in [6, 6.07) is 7.50. The second kappa shape index (κ2) is 9.53. The van der Waals surface area contributed by atoms with E-state index in [9.17, 15) is 9.59 Å². The van der Waals surface area contributed by atoms with Gasteiger partial charge in [-0.3, -0.25) is 9.59 Å². The fourth-order valence-electron chi connectivity index (χ4n) is 2.60. The van der Waals surface area contributed by atoms with Crippen molar-refractivity contribution in [2.75, 3.05) is 32.5 Å². The zero-order valence-electron chi connectivity index (χ0n) is 13.8. The number of nitrogens with zero attached hydrogens (tertiary/aromatic N) is 1. The highest BCUT2D eigenvalue weighted by molar-refractivity contribution is 5.91. The SMILES string of the molecule is CN(C)C(=O)Cc1ccc(NC(=O)CC2CCNCC2)cc1.Cl. The van der Waals surface area contributed by atoms with Crippen molar-refractivity contribution in [2.24, 2.45) is 5.92 Å². The van der Waals surface area contributed by atoms with Gasteiger partial charge in [-0.25, -0.2) is 0 Å². The number of rotatable bonds is 5. The molecule has 1 aliphatic rings. The summed E-state index contributed by atoms with van der Waals surface area (Å²) in [5, 5.41) is 6.24. The summed E-state index contributed by atoms with van der Waals surface area (Å²) in [7, 11) is 3.50. The molecular weight excluding hydrogens is 314 g/mol. The van der Waals surface area contributed by atoms with E-state index in [0.717, 1.165) is 37.2 Å². The van der Waals surface area contributed by atoms with Crippen molar-refractivity contribution in [1.29, 1.82) is 0 Å². The maximum absolute atomic E-state index is 12.0. The van der Waals surface area contributed by atoms with Gasteiger partial charge in [0.05, 0.1) is 6.42 Å². The van der Waals surface area contributed by atoms with Crippen LogP contribution in [0, 0.1) is 5.92 Å². The number of carbonyl (C=O) groups is 2. The standard InChI is InChI=1S/C17H25N3O2.ClH/c1-20(2)17(22)12-13-3-5-15(6-4-13)19-16(21)11-14-7-9-18-10-8-14;/h3-6,14,18H,7-12H2,1-2H3,(H,19,21);1H. The number of piperidine rings is 1. The molecule has 5 nitrogen and oxygen atoms in total. The first-order valence-electron chi connectivity index (χ1n) is 7.84. The van der Waals surface area contributed by atoms with E-state index in [1.807, 2.05) is 24.3 Å². The molecule has 6 heteroatoms. The van der Waals surface area contributed by atoms with Crippen LogP contribution in [0.15, 0.2) is 24.3 Å². The van der Waals surface area contributed by atoms with Gasteiger partial charge < -0.3 is 15.5 Å². The lowest BCUT2D eigenvalue weighted by Gasteiger charge is -2.21. The van der Waals surface area contributed by atoms with Gasteiger partial charge in [0.15, 0.2) is 0 Å². The molecule has 0 saturated carbocycles.